The second kappa shape index (κ2) is 7.77. The first-order valence-corrected chi connectivity index (χ1v) is 8.21. The Morgan fingerprint density at radius 2 is 1.73 bits per heavy atom. The van der Waals surface area contributed by atoms with Gasteiger partial charge in [-0.15, -0.1) is 0 Å². The fourth-order valence-electron chi connectivity index (χ4n) is 2.84. The second-order valence-corrected chi connectivity index (χ2v) is 6.08. The van der Waals surface area contributed by atoms with E-state index in [2.05, 4.69) is 10.9 Å². The van der Waals surface area contributed by atoms with Crippen molar-refractivity contribution < 1.29 is 18.8 Å². The molecule has 0 radical (unpaired) electrons. The molecule has 3 rings (SSSR count). The number of hydrogen-bond acceptors (Lipinski definition) is 3. The van der Waals surface area contributed by atoms with Gasteiger partial charge in [0, 0.05) is 19.5 Å². The van der Waals surface area contributed by atoms with E-state index in [0.29, 0.717) is 6.54 Å². The molecule has 1 saturated heterocycles. The van der Waals surface area contributed by atoms with Crippen LogP contribution in [0.4, 0.5) is 4.39 Å². The average molecular weight is 355 g/mol. The standard InChI is InChI=1S/C19H18FN3O3/c20-16-9-5-4-8-15(16)19(26)22-21-18(25)14-10-17(24)23(12-14)11-13-6-2-1-3-7-13/h1-9,14H,10-12H2,(H,21,25)(H,22,26)/t14-/m0/s1. The van der Waals surface area contributed by atoms with Crippen LogP contribution < -0.4 is 10.9 Å². The van der Waals surface area contributed by atoms with Crippen molar-refractivity contribution in [3.63, 3.8) is 0 Å². The number of rotatable bonds is 4. The highest BCUT2D eigenvalue weighted by molar-refractivity contribution is 5.96. The van der Waals surface area contributed by atoms with Gasteiger partial charge < -0.3 is 4.90 Å². The molecule has 1 aliphatic rings. The van der Waals surface area contributed by atoms with Crippen LogP contribution in [0, 0.1) is 11.7 Å². The molecule has 2 aromatic carbocycles. The van der Waals surface area contributed by atoms with E-state index in [1.165, 1.54) is 18.2 Å². The number of nitrogens with zero attached hydrogens (tertiary/aromatic N) is 1. The highest BCUT2D eigenvalue weighted by Gasteiger charge is 2.34. The van der Waals surface area contributed by atoms with E-state index in [9.17, 15) is 18.8 Å². The number of carbonyl (C=O) groups is 3. The van der Waals surface area contributed by atoms with Gasteiger partial charge in [-0.05, 0) is 17.7 Å². The van der Waals surface area contributed by atoms with Crippen molar-refractivity contribution in [3.05, 3.63) is 71.5 Å². The normalized spacial score (nSPS) is 16.4. The van der Waals surface area contributed by atoms with Gasteiger partial charge in [0.1, 0.15) is 5.82 Å². The molecule has 0 aliphatic carbocycles. The van der Waals surface area contributed by atoms with Gasteiger partial charge in [0.2, 0.25) is 11.8 Å². The lowest BCUT2D eigenvalue weighted by atomic mass is 10.1. The zero-order valence-corrected chi connectivity index (χ0v) is 13.9. The minimum absolute atomic E-state index is 0.0776. The van der Waals surface area contributed by atoms with Crippen molar-refractivity contribution in [1.82, 2.24) is 15.8 Å². The number of benzene rings is 2. The Kier molecular flexibility index (Phi) is 5.26. The minimum Gasteiger partial charge on any atom is -0.338 e. The third-order valence-corrected chi connectivity index (χ3v) is 4.22. The van der Waals surface area contributed by atoms with Gasteiger partial charge in [-0.3, -0.25) is 25.2 Å². The molecule has 1 atom stereocenters. The lowest BCUT2D eigenvalue weighted by Crippen LogP contribution is -2.45. The number of halogens is 1. The van der Waals surface area contributed by atoms with Crippen molar-refractivity contribution in [3.8, 4) is 0 Å². The molecule has 0 aromatic heterocycles. The molecule has 134 valence electrons. The van der Waals surface area contributed by atoms with Gasteiger partial charge in [0.05, 0.1) is 11.5 Å². The van der Waals surface area contributed by atoms with Crippen molar-refractivity contribution in [2.45, 2.75) is 13.0 Å². The summed E-state index contributed by atoms with van der Waals surface area (Å²) >= 11 is 0. The SMILES string of the molecule is O=C(NNC(=O)[C@H]1CC(=O)N(Cc2ccccc2)C1)c1ccccc1F. The molecular formula is C19H18FN3O3. The smallest absolute Gasteiger partial charge is 0.272 e. The van der Waals surface area contributed by atoms with Crippen LogP contribution >= 0.6 is 0 Å². The average Bonchev–Trinajstić information content (AvgIpc) is 3.01. The quantitative estimate of drug-likeness (QED) is 0.819. The lowest BCUT2D eigenvalue weighted by molar-refractivity contribution is -0.129. The molecule has 0 saturated carbocycles. The summed E-state index contributed by atoms with van der Waals surface area (Å²) in [7, 11) is 0. The van der Waals surface area contributed by atoms with Gasteiger partial charge in [0.15, 0.2) is 0 Å². The van der Waals surface area contributed by atoms with Gasteiger partial charge in [0.25, 0.3) is 5.91 Å². The highest BCUT2D eigenvalue weighted by Crippen LogP contribution is 2.20. The van der Waals surface area contributed by atoms with E-state index in [1.807, 2.05) is 30.3 Å². The molecule has 6 nitrogen and oxygen atoms in total. The number of hydrazine groups is 1. The van der Waals surface area contributed by atoms with Gasteiger partial charge in [-0.2, -0.15) is 0 Å². The largest absolute Gasteiger partial charge is 0.338 e. The van der Waals surface area contributed by atoms with Crippen LogP contribution in [0.25, 0.3) is 0 Å². The maximum atomic E-state index is 13.6. The predicted molar refractivity (Wildman–Crippen MR) is 92.0 cm³/mol. The fraction of sp³-hybridized carbons (Fsp3) is 0.211. The summed E-state index contributed by atoms with van der Waals surface area (Å²) in [5.41, 5.74) is 5.27. The van der Waals surface area contributed by atoms with E-state index in [0.717, 1.165) is 11.6 Å². The highest BCUT2D eigenvalue weighted by atomic mass is 19.1. The molecule has 1 heterocycles. The van der Waals surface area contributed by atoms with E-state index in [1.54, 1.807) is 4.90 Å². The number of amides is 3. The van der Waals surface area contributed by atoms with E-state index in [4.69, 9.17) is 0 Å². The third-order valence-electron chi connectivity index (χ3n) is 4.22. The number of hydrogen-bond donors (Lipinski definition) is 2. The molecule has 7 heteroatoms. The molecule has 0 spiro atoms. The predicted octanol–water partition coefficient (Wildman–Crippen LogP) is 1.64. The zero-order chi connectivity index (χ0) is 18.5. The summed E-state index contributed by atoms with van der Waals surface area (Å²) in [4.78, 5) is 37.8. The first-order valence-electron chi connectivity index (χ1n) is 8.21. The summed E-state index contributed by atoms with van der Waals surface area (Å²) < 4.78 is 13.6. The summed E-state index contributed by atoms with van der Waals surface area (Å²) in [5, 5.41) is 0. The molecular weight excluding hydrogens is 337 g/mol. The van der Waals surface area contributed by atoms with Crippen molar-refractivity contribution in [2.75, 3.05) is 6.54 Å². The molecule has 0 bridgehead atoms. The summed E-state index contributed by atoms with van der Waals surface area (Å²) in [6.07, 6.45) is 0.0776. The maximum Gasteiger partial charge on any atom is 0.272 e. The van der Waals surface area contributed by atoms with Crippen LogP contribution in [0.3, 0.4) is 0 Å². The van der Waals surface area contributed by atoms with Crippen LogP contribution in [0.5, 0.6) is 0 Å². The van der Waals surface area contributed by atoms with Crippen molar-refractivity contribution in [2.24, 2.45) is 5.92 Å². The fourth-order valence-corrected chi connectivity index (χ4v) is 2.84. The van der Waals surface area contributed by atoms with E-state index in [-0.39, 0.29) is 24.4 Å². The molecule has 2 aromatic rings. The van der Waals surface area contributed by atoms with Crippen molar-refractivity contribution >= 4 is 17.7 Å². The van der Waals surface area contributed by atoms with Crippen molar-refractivity contribution in [1.29, 1.82) is 0 Å². The summed E-state index contributed by atoms with van der Waals surface area (Å²) in [5.74, 6) is -2.58. The lowest BCUT2D eigenvalue weighted by Gasteiger charge is -2.16. The first-order chi connectivity index (χ1) is 12.5. The maximum absolute atomic E-state index is 13.6. The van der Waals surface area contributed by atoms with Crippen LogP contribution in [0.1, 0.15) is 22.3 Å². The molecule has 0 unspecified atom stereocenters. The Morgan fingerprint density at radius 1 is 1.04 bits per heavy atom. The van der Waals surface area contributed by atoms with Crippen LogP contribution in [0.15, 0.2) is 54.6 Å². The zero-order valence-electron chi connectivity index (χ0n) is 13.9. The van der Waals surface area contributed by atoms with E-state index >= 15 is 0 Å². The Hall–Kier alpha value is -3.22. The molecule has 1 aliphatic heterocycles. The number of likely N-dealkylation sites (tertiary alicyclic amines) is 1. The molecule has 26 heavy (non-hydrogen) atoms. The van der Waals surface area contributed by atoms with Crippen LogP contribution in [0.2, 0.25) is 0 Å². The van der Waals surface area contributed by atoms with Gasteiger partial charge in [-0.25, -0.2) is 4.39 Å². The Morgan fingerprint density at radius 3 is 2.46 bits per heavy atom. The van der Waals surface area contributed by atoms with Gasteiger partial charge >= 0.3 is 0 Å². The number of nitrogens with one attached hydrogen (secondary N) is 2. The summed E-state index contributed by atoms with van der Waals surface area (Å²) in [6.45, 7) is 0.709. The molecule has 1 fully saturated rings. The topological polar surface area (TPSA) is 78.5 Å². The second-order valence-electron chi connectivity index (χ2n) is 6.08. The molecule has 2 N–H and O–H groups in total. The Bertz CT molecular complexity index is 826. The first kappa shape index (κ1) is 17.6. The third kappa shape index (κ3) is 4.05. The van der Waals surface area contributed by atoms with Crippen LogP contribution in [-0.4, -0.2) is 29.2 Å². The number of carbonyl (C=O) groups excluding carboxylic acids is 3. The monoisotopic (exact) mass is 355 g/mol. The van der Waals surface area contributed by atoms with E-state index < -0.39 is 23.5 Å². The van der Waals surface area contributed by atoms with Crippen LogP contribution in [-0.2, 0) is 16.1 Å². The van der Waals surface area contributed by atoms with Gasteiger partial charge in [-0.1, -0.05) is 42.5 Å². The Labute approximate surface area is 150 Å². The Balaban J connectivity index is 1.53. The summed E-state index contributed by atoms with van der Waals surface area (Å²) in [6, 6.07) is 15.0. The minimum atomic E-state index is -0.748. The molecule has 3 amide bonds.